The van der Waals surface area contributed by atoms with Gasteiger partial charge in [-0.25, -0.2) is 9.97 Å². The zero-order valence-corrected chi connectivity index (χ0v) is 29.1. The van der Waals surface area contributed by atoms with Crippen molar-refractivity contribution < 1.29 is 0 Å². The van der Waals surface area contributed by atoms with E-state index in [2.05, 4.69) is 192 Å². The second kappa shape index (κ2) is 13.1. The molecular weight excluding hydrogens is 645 g/mol. The lowest BCUT2D eigenvalue weighted by Gasteiger charge is -2.27. The zero-order valence-electron chi connectivity index (χ0n) is 29.1. The Balaban J connectivity index is 1.07. The van der Waals surface area contributed by atoms with E-state index in [0.29, 0.717) is 0 Å². The van der Waals surface area contributed by atoms with Crippen molar-refractivity contribution in [1.29, 1.82) is 0 Å². The van der Waals surface area contributed by atoms with Crippen LogP contribution in [0.3, 0.4) is 0 Å². The Morgan fingerprint density at radius 3 is 2.00 bits per heavy atom. The zero-order chi connectivity index (χ0) is 35.1. The first-order valence-corrected chi connectivity index (χ1v) is 18.3. The average Bonchev–Trinajstić information content (AvgIpc) is 3.64. The molecule has 10 rings (SSSR count). The van der Waals surface area contributed by atoms with Crippen LogP contribution in [0.25, 0.3) is 49.8 Å². The monoisotopic (exact) mass is 680 g/mol. The van der Waals surface area contributed by atoms with Gasteiger partial charge in [-0.15, -0.1) is 0 Å². The van der Waals surface area contributed by atoms with E-state index in [1.54, 1.807) is 0 Å². The van der Waals surface area contributed by atoms with Gasteiger partial charge in [0.1, 0.15) is 6.17 Å². The summed E-state index contributed by atoms with van der Waals surface area (Å²) in [6.07, 6.45) is 7.72. The molecule has 2 heterocycles. The molecule has 2 unspecified atom stereocenters. The second-order valence-corrected chi connectivity index (χ2v) is 13.8. The normalized spacial score (nSPS) is 16.4. The van der Waals surface area contributed by atoms with Crippen LogP contribution in [0.4, 0.5) is 17.1 Å². The molecule has 0 saturated heterocycles. The highest BCUT2D eigenvalue weighted by Gasteiger charge is 2.33. The molecule has 1 aromatic heterocycles. The molecule has 0 amide bonds. The van der Waals surface area contributed by atoms with Gasteiger partial charge in [-0.2, -0.15) is 0 Å². The maximum atomic E-state index is 5.25. The quantitative estimate of drug-likeness (QED) is 0.178. The van der Waals surface area contributed by atoms with Gasteiger partial charge in [0.15, 0.2) is 5.82 Å². The molecule has 2 aliphatic rings. The molecule has 4 heteroatoms. The fraction of sp³-hybridized carbons (Fsp3) is 0.0612. The summed E-state index contributed by atoms with van der Waals surface area (Å²) in [5, 5.41) is 8.73. The van der Waals surface area contributed by atoms with Crippen molar-refractivity contribution in [3.8, 4) is 22.6 Å². The van der Waals surface area contributed by atoms with Gasteiger partial charge in [-0.1, -0.05) is 158 Å². The molecule has 252 valence electrons. The first-order chi connectivity index (χ1) is 26.3. The average molecular weight is 681 g/mol. The minimum Gasteiger partial charge on any atom is -0.359 e. The third kappa shape index (κ3) is 5.65. The number of benzene rings is 7. The number of hydrogen-bond donors (Lipinski definition) is 1. The third-order valence-corrected chi connectivity index (χ3v) is 10.6. The van der Waals surface area contributed by atoms with Crippen LogP contribution in [0.2, 0.25) is 0 Å². The van der Waals surface area contributed by atoms with Gasteiger partial charge in [0.25, 0.3) is 0 Å². The van der Waals surface area contributed by atoms with E-state index < -0.39 is 0 Å². The summed E-state index contributed by atoms with van der Waals surface area (Å²) in [7, 11) is 0. The lowest BCUT2D eigenvalue weighted by Crippen LogP contribution is -2.23. The topological polar surface area (TPSA) is 41.1 Å². The number of anilines is 3. The standard InChI is InChI=1S/C49H36N4/c1-5-13-33(14-6-1)34-21-23-36(24-22-34)44-32-43(35-15-7-2-8-16-35)50-48(51-44)40-27-29-42-39(31-40)26-25-37-28-30-45-47(46(37)42)52-49(38-17-9-3-10-18-38)53(45)41-19-11-4-12-20-41/h1-23,25-32,36,49,52H,24H2. The molecule has 2 atom stereocenters. The van der Waals surface area contributed by atoms with E-state index in [9.17, 15) is 0 Å². The molecule has 1 aliphatic carbocycles. The first-order valence-electron chi connectivity index (χ1n) is 18.3. The van der Waals surface area contributed by atoms with Crippen LogP contribution in [0, 0.1) is 0 Å². The molecule has 8 aromatic rings. The van der Waals surface area contributed by atoms with E-state index in [-0.39, 0.29) is 12.1 Å². The van der Waals surface area contributed by atoms with E-state index in [4.69, 9.17) is 9.97 Å². The number of hydrogen-bond acceptors (Lipinski definition) is 4. The third-order valence-electron chi connectivity index (χ3n) is 10.6. The maximum Gasteiger partial charge on any atom is 0.160 e. The Hall–Kier alpha value is -6.78. The number of allylic oxidation sites excluding steroid dienone is 4. The highest BCUT2D eigenvalue weighted by Crippen LogP contribution is 2.50. The van der Waals surface area contributed by atoms with Gasteiger partial charge in [0.05, 0.1) is 22.8 Å². The summed E-state index contributed by atoms with van der Waals surface area (Å²) in [5.41, 5.74) is 11.2. The SMILES string of the molecule is C1=CC(c2cc(-c3ccccc3)nc(-c3ccc4c(ccc5ccc6c(c54)NC(c4ccccc4)N6c4ccccc4)c3)n2)CC=C1c1ccccc1. The number of fused-ring (bicyclic) bond motifs is 5. The molecule has 53 heavy (non-hydrogen) atoms. The van der Waals surface area contributed by atoms with Crippen molar-refractivity contribution in [3.63, 3.8) is 0 Å². The highest BCUT2D eigenvalue weighted by molar-refractivity contribution is 6.18. The Morgan fingerprint density at radius 2 is 1.26 bits per heavy atom. The van der Waals surface area contributed by atoms with Gasteiger partial charge >= 0.3 is 0 Å². The van der Waals surface area contributed by atoms with Crippen molar-refractivity contribution >= 4 is 44.2 Å². The summed E-state index contributed by atoms with van der Waals surface area (Å²) in [6.45, 7) is 0. The molecule has 0 radical (unpaired) electrons. The second-order valence-electron chi connectivity index (χ2n) is 13.8. The van der Waals surface area contributed by atoms with Crippen LogP contribution >= 0.6 is 0 Å². The van der Waals surface area contributed by atoms with Gasteiger partial charge in [-0.3, -0.25) is 0 Å². The number of para-hydroxylation sites is 1. The van der Waals surface area contributed by atoms with E-state index in [1.165, 1.54) is 38.5 Å². The molecule has 0 saturated carbocycles. The van der Waals surface area contributed by atoms with Crippen LogP contribution in [-0.2, 0) is 0 Å². The van der Waals surface area contributed by atoms with Crippen molar-refractivity contribution in [2.75, 3.05) is 10.2 Å². The molecule has 0 spiro atoms. The lowest BCUT2D eigenvalue weighted by molar-refractivity contribution is 0.813. The van der Waals surface area contributed by atoms with Crippen LogP contribution in [-0.4, -0.2) is 9.97 Å². The van der Waals surface area contributed by atoms with E-state index >= 15 is 0 Å². The van der Waals surface area contributed by atoms with Crippen LogP contribution in [0.1, 0.15) is 35.3 Å². The molecule has 0 bridgehead atoms. The Kier molecular flexibility index (Phi) is 7.65. The Morgan fingerprint density at radius 1 is 0.585 bits per heavy atom. The van der Waals surface area contributed by atoms with Crippen molar-refractivity contribution in [3.05, 3.63) is 205 Å². The number of aromatic nitrogens is 2. The molecule has 1 aliphatic heterocycles. The van der Waals surface area contributed by atoms with Gasteiger partial charge in [-0.05, 0) is 69.6 Å². The summed E-state index contributed by atoms with van der Waals surface area (Å²) in [5.74, 6) is 0.903. The van der Waals surface area contributed by atoms with Crippen molar-refractivity contribution in [2.24, 2.45) is 0 Å². The number of nitrogens with zero attached hydrogens (tertiary/aromatic N) is 3. The summed E-state index contributed by atoms with van der Waals surface area (Å²) in [6, 6.07) is 60.2. The maximum absolute atomic E-state index is 5.25. The summed E-state index contributed by atoms with van der Waals surface area (Å²) >= 11 is 0. The van der Waals surface area contributed by atoms with Crippen LogP contribution in [0.5, 0.6) is 0 Å². The van der Waals surface area contributed by atoms with Gasteiger partial charge in [0.2, 0.25) is 0 Å². The Labute approximate surface area is 309 Å². The minimum atomic E-state index is -0.0336. The van der Waals surface area contributed by atoms with Crippen LogP contribution < -0.4 is 10.2 Å². The first kappa shape index (κ1) is 31.0. The van der Waals surface area contributed by atoms with Crippen LogP contribution in [0.15, 0.2) is 188 Å². The number of rotatable bonds is 6. The molecule has 1 N–H and O–H groups in total. The molecule has 0 fully saturated rings. The van der Waals surface area contributed by atoms with Gasteiger partial charge in [0, 0.05) is 28.1 Å². The van der Waals surface area contributed by atoms with Crippen molar-refractivity contribution in [1.82, 2.24) is 9.97 Å². The number of nitrogens with one attached hydrogen (secondary N) is 1. The molecule has 4 nitrogen and oxygen atoms in total. The molecular formula is C49H36N4. The predicted molar refractivity (Wildman–Crippen MR) is 220 cm³/mol. The summed E-state index contributed by atoms with van der Waals surface area (Å²) < 4.78 is 0. The lowest BCUT2D eigenvalue weighted by atomic mass is 9.90. The fourth-order valence-corrected chi connectivity index (χ4v) is 7.94. The van der Waals surface area contributed by atoms with E-state index in [1.807, 2.05) is 6.07 Å². The highest BCUT2D eigenvalue weighted by atomic mass is 15.3. The predicted octanol–water partition coefficient (Wildman–Crippen LogP) is 12.5. The smallest absolute Gasteiger partial charge is 0.160 e. The molecule has 7 aromatic carbocycles. The largest absolute Gasteiger partial charge is 0.359 e. The van der Waals surface area contributed by atoms with Gasteiger partial charge < -0.3 is 10.2 Å². The summed E-state index contributed by atoms with van der Waals surface area (Å²) in [4.78, 5) is 12.8. The van der Waals surface area contributed by atoms with E-state index in [0.717, 1.165) is 51.5 Å². The minimum absolute atomic E-state index is 0.0336. The van der Waals surface area contributed by atoms with Crippen molar-refractivity contribution in [2.45, 2.75) is 18.5 Å². The fourth-order valence-electron chi connectivity index (χ4n) is 7.94. The Bertz CT molecular complexity index is 2670.